The van der Waals surface area contributed by atoms with E-state index in [2.05, 4.69) is 44.1 Å². The summed E-state index contributed by atoms with van der Waals surface area (Å²) in [5, 5.41) is 4.07. The van der Waals surface area contributed by atoms with Crippen molar-refractivity contribution in [1.29, 1.82) is 0 Å². The molecule has 1 saturated heterocycles. The largest absolute Gasteiger partial charge is 0.357 e. The molecule has 0 aliphatic carbocycles. The summed E-state index contributed by atoms with van der Waals surface area (Å²) in [6, 6.07) is 9.87. The summed E-state index contributed by atoms with van der Waals surface area (Å²) in [6.45, 7) is 3.95. The maximum absolute atomic E-state index is 5.48. The summed E-state index contributed by atoms with van der Waals surface area (Å²) in [6.07, 6.45) is 5.62. The molecule has 6 nitrogen and oxygen atoms in total. The fourth-order valence-corrected chi connectivity index (χ4v) is 3.00. The zero-order valence-corrected chi connectivity index (χ0v) is 13.6. The number of anilines is 1. The third kappa shape index (κ3) is 2.99. The molecule has 1 aliphatic rings. The van der Waals surface area contributed by atoms with Gasteiger partial charge in [-0.1, -0.05) is 17.3 Å². The van der Waals surface area contributed by atoms with Gasteiger partial charge in [0.15, 0.2) is 0 Å². The Morgan fingerprint density at radius 2 is 1.96 bits per heavy atom. The topological polar surface area (TPSA) is 67.9 Å². The Hall–Kier alpha value is -2.76. The SMILES string of the molecule is Cc1ccc(N2CCC(c3nc(-c4ccccn4)no3)CC2)nc1. The molecule has 6 heteroatoms. The van der Waals surface area contributed by atoms with Crippen LogP contribution in [-0.4, -0.2) is 33.2 Å². The van der Waals surface area contributed by atoms with E-state index in [0.717, 1.165) is 37.4 Å². The Kier molecular flexibility index (Phi) is 3.94. The van der Waals surface area contributed by atoms with Gasteiger partial charge in [0.1, 0.15) is 11.5 Å². The molecule has 1 fully saturated rings. The van der Waals surface area contributed by atoms with Gasteiger partial charge in [0.25, 0.3) is 0 Å². The summed E-state index contributed by atoms with van der Waals surface area (Å²) >= 11 is 0. The fourth-order valence-electron chi connectivity index (χ4n) is 3.00. The number of hydrogen-bond donors (Lipinski definition) is 0. The Labute approximate surface area is 140 Å². The van der Waals surface area contributed by atoms with Crippen molar-refractivity contribution < 1.29 is 4.52 Å². The van der Waals surface area contributed by atoms with E-state index in [4.69, 9.17) is 4.52 Å². The first kappa shape index (κ1) is 14.8. The zero-order valence-electron chi connectivity index (χ0n) is 13.6. The molecule has 0 saturated carbocycles. The van der Waals surface area contributed by atoms with Gasteiger partial charge in [-0.2, -0.15) is 4.98 Å². The fraction of sp³-hybridized carbons (Fsp3) is 0.333. The molecule has 3 aromatic rings. The average molecular weight is 321 g/mol. The molecule has 0 bridgehead atoms. The predicted molar refractivity (Wildman–Crippen MR) is 90.7 cm³/mol. The van der Waals surface area contributed by atoms with Gasteiger partial charge in [0, 0.05) is 31.4 Å². The van der Waals surface area contributed by atoms with Crippen LogP contribution in [0, 0.1) is 6.92 Å². The molecule has 4 heterocycles. The highest BCUT2D eigenvalue weighted by molar-refractivity contribution is 5.47. The van der Waals surface area contributed by atoms with Gasteiger partial charge in [-0.05, 0) is 43.5 Å². The van der Waals surface area contributed by atoms with E-state index >= 15 is 0 Å². The summed E-state index contributed by atoms with van der Waals surface area (Å²) in [4.78, 5) is 15.6. The molecule has 122 valence electrons. The third-order valence-electron chi connectivity index (χ3n) is 4.40. The van der Waals surface area contributed by atoms with Crippen LogP contribution in [0.5, 0.6) is 0 Å². The molecule has 0 unspecified atom stereocenters. The van der Waals surface area contributed by atoms with Crippen molar-refractivity contribution in [1.82, 2.24) is 20.1 Å². The lowest BCUT2D eigenvalue weighted by molar-refractivity contribution is 0.329. The van der Waals surface area contributed by atoms with Crippen LogP contribution in [0.4, 0.5) is 5.82 Å². The Balaban J connectivity index is 1.43. The molecule has 1 aliphatic heterocycles. The lowest BCUT2D eigenvalue weighted by Gasteiger charge is -2.31. The minimum absolute atomic E-state index is 0.302. The van der Waals surface area contributed by atoms with Crippen molar-refractivity contribution in [3.05, 3.63) is 54.2 Å². The van der Waals surface area contributed by atoms with E-state index < -0.39 is 0 Å². The van der Waals surface area contributed by atoms with E-state index in [9.17, 15) is 0 Å². The van der Waals surface area contributed by atoms with Gasteiger partial charge in [-0.3, -0.25) is 4.98 Å². The first-order valence-corrected chi connectivity index (χ1v) is 8.22. The van der Waals surface area contributed by atoms with Gasteiger partial charge in [-0.15, -0.1) is 0 Å². The molecule has 0 radical (unpaired) electrons. The van der Waals surface area contributed by atoms with E-state index in [0.29, 0.717) is 17.6 Å². The molecule has 24 heavy (non-hydrogen) atoms. The number of rotatable bonds is 3. The maximum Gasteiger partial charge on any atom is 0.230 e. The zero-order chi connectivity index (χ0) is 16.4. The highest BCUT2D eigenvalue weighted by atomic mass is 16.5. The molecule has 3 aromatic heterocycles. The summed E-state index contributed by atoms with van der Waals surface area (Å²) in [5.41, 5.74) is 1.93. The second kappa shape index (κ2) is 6.39. The van der Waals surface area contributed by atoms with Crippen molar-refractivity contribution in [2.45, 2.75) is 25.7 Å². The minimum Gasteiger partial charge on any atom is -0.357 e. The Morgan fingerprint density at radius 1 is 1.08 bits per heavy atom. The first-order chi connectivity index (χ1) is 11.8. The predicted octanol–water partition coefficient (Wildman–Crippen LogP) is 3.22. The highest BCUT2D eigenvalue weighted by Crippen LogP contribution is 2.29. The molecule has 0 atom stereocenters. The van der Waals surface area contributed by atoms with Crippen LogP contribution in [-0.2, 0) is 0 Å². The second-order valence-electron chi connectivity index (χ2n) is 6.13. The number of piperidine rings is 1. The van der Waals surface area contributed by atoms with Crippen molar-refractivity contribution in [3.8, 4) is 11.5 Å². The normalized spacial score (nSPS) is 15.6. The standard InChI is InChI=1S/C18H19N5O/c1-13-5-6-16(20-12-13)23-10-7-14(8-11-23)18-21-17(22-24-18)15-4-2-3-9-19-15/h2-6,9,12,14H,7-8,10-11H2,1H3. The lowest BCUT2D eigenvalue weighted by Crippen LogP contribution is -2.33. The van der Waals surface area contributed by atoms with Crippen molar-refractivity contribution >= 4 is 5.82 Å². The number of hydrogen-bond acceptors (Lipinski definition) is 6. The number of pyridine rings is 2. The summed E-state index contributed by atoms with van der Waals surface area (Å²) in [7, 11) is 0. The van der Waals surface area contributed by atoms with Crippen LogP contribution in [0.1, 0.15) is 30.2 Å². The van der Waals surface area contributed by atoms with Gasteiger partial charge < -0.3 is 9.42 Å². The summed E-state index contributed by atoms with van der Waals surface area (Å²) in [5.74, 6) is 2.62. The van der Waals surface area contributed by atoms with E-state index in [-0.39, 0.29) is 0 Å². The van der Waals surface area contributed by atoms with E-state index in [1.165, 1.54) is 5.56 Å². The van der Waals surface area contributed by atoms with Crippen molar-refractivity contribution in [2.75, 3.05) is 18.0 Å². The molecule has 0 amide bonds. The highest BCUT2D eigenvalue weighted by Gasteiger charge is 2.26. The molecular formula is C18H19N5O. The van der Waals surface area contributed by atoms with Crippen LogP contribution in [0.3, 0.4) is 0 Å². The lowest BCUT2D eigenvalue weighted by atomic mass is 9.97. The maximum atomic E-state index is 5.48. The molecule has 0 aromatic carbocycles. The second-order valence-corrected chi connectivity index (χ2v) is 6.13. The monoisotopic (exact) mass is 321 g/mol. The smallest absolute Gasteiger partial charge is 0.230 e. The Bertz CT molecular complexity index is 792. The number of aromatic nitrogens is 4. The molecular weight excluding hydrogens is 302 g/mol. The minimum atomic E-state index is 0.302. The average Bonchev–Trinajstić information content (AvgIpc) is 3.13. The van der Waals surface area contributed by atoms with Crippen LogP contribution < -0.4 is 4.90 Å². The van der Waals surface area contributed by atoms with Crippen LogP contribution in [0.2, 0.25) is 0 Å². The van der Waals surface area contributed by atoms with Gasteiger partial charge in [0.05, 0.1) is 0 Å². The third-order valence-corrected chi connectivity index (χ3v) is 4.40. The van der Waals surface area contributed by atoms with Crippen molar-refractivity contribution in [2.24, 2.45) is 0 Å². The Morgan fingerprint density at radius 3 is 2.67 bits per heavy atom. The van der Waals surface area contributed by atoms with E-state index in [1.807, 2.05) is 24.4 Å². The molecule has 0 N–H and O–H groups in total. The quantitative estimate of drug-likeness (QED) is 0.738. The summed E-state index contributed by atoms with van der Waals surface area (Å²) < 4.78 is 5.48. The first-order valence-electron chi connectivity index (χ1n) is 8.22. The molecule has 0 spiro atoms. The van der Waals surface area contributed by atoms with Crippen LogP contribution in [0.15, 0.2) is 47.2 Å². The van der Waals surface area contributed by atoms with Gasteiger partial charge >= 0.3 is 0 Å². The number of nitrogens with zero attached hydrogens (tertiary/aromatic N) is 5. The van der Waals surface area contributed by atoms with E-state index in [1.54, 1.807) is 6.20 Å². The van der Waals surface area contributed by atoms with Crippen LogP contribution in [0.25, 0.3) is 11.5 Å². The van der Waals surface area contributed by atoms with Gasteiger partial charge in [0.2, 0.25) is 11.7 Å². The van der Waals surface area contributed by atoms with Gasteiger partial charge in [-0.25, -0.2) is 4.98 Å². The van der Waals surface area contributed by atoms with Crippen molar-refractivity contribution in [3.63, 3.8) is 0 Å². The van der Waals surface area contributed by atoms with Crippen LogP contribution >= 0.6 is 0 Å². The molecule has 4 rings (SSSR count). The number of aryl methyl sites for hydroxylation is 1.